The number of hydrogen-bond donors (Lipinski definition) is 1. The highest BCUT2D eigenvalue weighted by Crippen LogP contribution is 2.24. The van der Waals surface area contributed by atoms with E-state index in [-0.39, 0.29) is 5.60 Å². The van der Waals surface area contributed by atoms with Crippen LogP contribution < -0.4 is 14.8 Å². The van der Waals surface area contributed by atoms with Crippen molar-refractivity contribution in [3.63, 3.8) is 0 Å². The van der Waals surface area contributed by atoms with Gasteiger partial charge in [-0.15, -0.1) is 0 Å². The second-order valence-electron chi connectivity index (χ2n) is 5.01. The number of rotatable bonds is 7. The molecule has 1 saturated heterocycles. The van der Waals surface area contributed by atoms with Gasteiger partial charge < -0.3 is 24.3 Å². The lowest BCUT2D eigenvalue weighted by Crippen LogP contribution is -2.42. The Morgan fingerprint density at radius 1 is 1.15 bits per heavy atom. The Kier molecular flexibility index (Phi) is 5.23. The Morgan fingerprint density at radius 2 is 1.85 bits per heavy atom. The van der Waals surface area contributed by atoms with Crippen molar-refractivity contribution in [3.8, 4) is 11.5 Å². The summed E-state index contributed by atoms with van der Waals surface area (Å²) in [6.45, 7) is 2.92. The van der Waals surface area contributed by atoms with Gasteiger partial charge in [-0.3, -0.25) is 0 Å². The van der Waals surface area contributed by atoms with Crippen molar-refractivity contribution < 1.29 is 18.9 Å². The summed E-state index contributed by atoms with van der Waals surface area (Å²) >= 11 is 0. The standard InChI is InChI=1S/C15H23NO4/c1-17-13-6-12(7-14(8-13)18-2)9-16-10-15(19-3)4-5-20-11-15/h6-8,16H,4-5,9-11H2,1-3H3. The van der Waals surface area contributed by atoms with Crippen LogP contribution in [0, 0.1) is 0 Å². The van der Waals surface area contributed by atoms with E-state index in [0.717, 1.165) is 43.2 Å². The van der Waals surface area contributed by atoms with Gasteiger partial charge in [-0.05, 0) is 17.7 Å². The van der Waals surface area contributed by atoms with Gasteiger partial charge >= 0.3 is 0 Å². The van der Waals surface area contributed by atoms with Crippen LogP contribution >= 0.6 is 0 Å². The maximum Gasteiger partial charge on any atom is 0.122 e. The molecule has 0 radical (unpaired) electrons. The molecule has 5 heteroatoms. The second-order valence-corrected chi connectivity index (χ2v) is 5.01. The SMILES string of the molecule is COc1cc(CNCC2(OC)CCOC2)cc(OC)c1. The molecule has 0 amide bonds. The lowest BCUT2D eigenvalue weighted by molar-refractivity contribution is -0.0159. The lowest BCUT2D eigenvalue weighted by atomic mass is 10.0. The van der Waals surface area contributed by atoms with E-state index in [1.807, 2.05) is 18.2 Å². The van der Waals surface area contributed by atoms with Gasteiger partial charge in [0.15, 0.2) is 0 Å². The monoisotopic (exact) mass is 281 g/mol. The Balaban J connectivity index is 1.93. The molecule has 0 saturated carbocycles. The van der Waals surface area contributed by atoms with E-state index < -0.39 is 0 Å². The number of ether oxygens (including phenoxy) is 4. The molecule has 1 aliphatic heterocycles. The summed E-state index contributed by atoms with van der Waals surface area (Å²) in [4.78, 5) is 0. The molecule has 112 valence electrons. The number of benzene rings is 1. The van der Waals surface area contributed by atoms with Gasteiger partial charge in [-0.1, -0.05) is 0 Å². The van der Waals surface area contributed by atoms with E-state index in [1.165, 1.54) is 0 Å². The zero-order chi connectivity index (χ0) is 14.4. The summed E-state index contributed by atoms with van der Waals surface area (Å²) in [6, 6.07) is 5.87. The molecular formula is C15H23NO4. The minimum absolute atomic E-state index is 0.192. The van der Waals surface area contributed by atoms with Crippen LogP contribution in [0.4, 0.5) is 0 Å². The number of hydrogen-bond acceptors (Lipinski definition) is 5. The molecule has 20 heavy (non-hydrogen) atoms. The summed E-state index contributed by atoms with van der Waals surface area (Å²) in [5, 5.41) is 3.42. The van der Waals surface area contributed by atoms with Gasteiger partial charge in [0.1, 0.15) is 17.1 Å². The van der Waals surface area contributed by atoms with E-state index in [4.69, 9.17) is 18.9 Å². The highest BCUT2D eigenvalue weighted by atomic mass is 16.5. The minimum atomic E-state index is -0.192. The average molecular weight is 281 g/mol. The molecule has 0 aliphatic carbocycles. The molecule has 1 aromatic rings. The van der Waals surface area contributed by atoms with Crippen molar-refractivity contribution in [2.45, 2.75) is 18.6 Å². The molecule has 5 nitrogen and oxygen atoms in total. The van der Waals surface area contributed by atoms with Crippen molar-refractivity contribution >= 4 is 0 Å². The first kappa shape index (κ1) is 15.1. The predicted octanol–water partition coefficient (Wildman–Crippen LogP) is 1.60. The molecule has 1 heterocycles. The summed E-state index contributed by atoms with van der Waals surface area (Å²) < 4.78 is 21.5. The smallest absolute Gasteiger partial charge is 0.122 e. The van der Waals surface area contributed by atoms with Crippen LogP contribution in [-0.4, -0.2) is 46.7 Å². The largest absolute Gasteiger partial charge is 0.497 e. The van der Waals surface area contributed by atoms with Crippen LogP contribution in [0.25, 0.3) is 0 Å². The van der Waals surface area contributed by atoms with Gasteiger partial charge in [-0.2, -0.15) is 0 Å². The predicted molar refractivity (Wildman–Crippen MR) is 76.4 cm³/mol. The van der Waals surface area contributed by atoms with Crippen LogP contribution in [0.5, 0.6) is 11.5 Å². The maximum absolute atomic E-state index is 5.59. The fourth-order valence-corrected chi connectivity index (χ4v) is 2.36. The summed E-state index contributed by atoms with van der Waals surface area (Å²) in [5.74, 6) is 1.60. The fraction of sp³-hybridized carbons (Fsp3) is 0.600. The Bertz CT molecular complexity index is 408. The van der Waals surface area contributed by atoms with Gasteiger partial charge in [0.2, 0.25) is 0 Å². The first-order chi connectivity index (χ1) is 9.71. The van der Waals surface area contributed by atoms with Gasteiger partial charge in [-0.25, -0.2) is 0 Å². The molecule has 0 bridgehead atoms. The number of methoxy groups -OCH3 is 3. The van der Waals surface area contributed by atoms with Crippen LogP contribution in [0.2, 0.25) is 0 Å². The highest BCUT2D eigenvalue weighted by molar-refractivity contribution is 5.38. The van der Waals surface area contributed by atoms with E-state index in [1.54, 1.807) is 21.3 Å². The quantitative estimate of drug-likeness (QED) is 0.822. The average Bonchev–Trinajstić information content (AvgIpc) is 2.96. The fourth-order valence-electron chi connectivity index (χ4n) is 2.36. The van der Waals surface area contributed by atoms with Crippen molar-refractivity contribution in [1.29, 1.82) is 0 Å². The molecule has 1 fully saturated rings. The lowest BCUT2D eigenvalue weighted by Gasteiger charge is -2.26. The van der Waals surface area contributed by atoms with E-state index in [0.29, 0.717) is 6.61 Å². The number of nitrogens with one attached hydrogen (secondary N) is 1. The van der Waals surface area contributed by atoms with E-state index >= 15 is 0 Å². The van der Waals surface area contributed by atoms with Gasteiger partial charge in [0, 0.05) is 39.3 Å². The van der Waals surface area contributed by atoms with Gasteiger partial charge in [0.05, 0.1) is 20.8 Å². The van der Waals surface area contributed by atoms with Crippen LogP contribution in [0.15, 0.2) is 18.2 Å². The molecule has 1 aliphatic rings. The van der Waals surface area contributed by atoms with Crippen LogP contribution in [-0.2, 0) is 16.0 Å². The second kappa shape index (κ2) is 6.92. The summed E-state index contributed by atoms with van der Waals surface area (Å²) in [7, 11) is 5.05. The minimum Gasteiger partial charge on any atom is -0.497 e. The third kappa shape index (κ3) is 3.62. The first-order valence-electron chi connectivity index (χ1n) is 6.77. The molecule has 1 atom stereocenters. The highest BCUT2D eigenvalue weighted by Gasteiger charge is 2.34. The Hall–Kier alpha value is -1.30. The van der Waals surface area contributed by atoms with E-state index in [2.05, 4.69) is 5.32 Å². The third-order valence-electron chi connectivity index (χ3n) is 3.69. The Labute approximate surface area is 120 Å². The normalized spacial score (nSPS) is 21.9. The van der Waals surface area contributed by atoms with Crippen molar-refractivity contribution in [1.82, 2.24) is 5.32 Å². The zero-order valence-electron chi connectivity index (χ0n) is 12.4. The molecule has 0 spiro atoms. The molecular weight excluding hydrogens is 258 g/mol. The van der Waals surface area contributed by atoms with Crippen molar-refractivity contribution in [3.05, 3.63) is 23.8 Å². The summed E-state index contributed by atoms with van der Waals surface area (Å²) in [6.07, 6.45) is 0.929. The topological polar surface area (TPSA) is 49.0 Å². The molecule has 2 rings (SSSR count). The molecule has 1 N–H and O–H groups in total. The Morgan fingerprint density at radius 3 is 2.35 bits per heavy atom. The first-order valence-corrected chi connectivity index (χ1v) is 6.77. The summed E-state index contributed by atoms with van der Waals surface area (Å²) in [5.41, 5.74) is 0.925. The van der Waals surface area contributed by atoms with E-state index in [9.17, 15) is 0 Å². The molecule has 0 aromatic heterocycles. The van der Waals surface area contributed by atoms with Crippen molar-refractivity contribution in [2.75, 3.05) is 41.1 Å². The third-order valence-corrected chi connectivity index (χ3v) is 3.69. The van der Waals surface area contributed by atoms with Gasteiger partial charge in [0.25, 0.3) is 0 Å². The van der Waals surface area contributed by atoms with Crippen LogP contribution in [0.1, 0.15) is 12.0 Å². The van der Waals surface area contributed by atoms with Crippen molar-refractivity contribution in [2.24, 2.45) is 0 Å². The molecule has 1 aromatic carbocycles. The molecule has 1 unspecified atom stereocenters. The maximum atomic E-state index is 5.59. The van der Waals surface area contributed by atoms with Crippen LogP contribution in [0.3, 0.4) is 0 Å². The zero-order valence-corrected chi connectivity index (χ0v) is 12.4.